The van der Waals surface area contributed by atoms with Crippen LogP contribution in [0.4, 0.5) is 11.4 Å². The normalized spacial score (nSPS) is 10.7. The molecule has 0 saturated heterocycles. The van der Waals surface area contributed by atoms with Gasteiger partial charge in [0.2, 0.25) is 0 Å². The number of hydrogen-bond donors (Lipinski definition) is 1. The van der Waals surface area contributed by atoms with Gasteiger partial charge in [-0.3, -0.25) is 25.0 Å². The summed E-state index contributed by atoms with van der Waals surface area (Å²) in [7, 11) is 0. The minimum atomic E-state index is -0.618. The van der Waals surface area contributed by atoms with Gasteiger partial charge in [0.15, 0.2) is 0 Å². The fourth-order valence-corrected chi connectivity index (χ4v) is 2.59. The van der Waals surface area contributed by atoms with Crippen molar-refractivity contribution in [1.29, 1.82) is 0 Å². The molecule has 0 aliphatic carbocycles. The lowest BCUT2D eigenvalue weighted by atomic mass is 10.2. The molecule has 0 unspecified atom stereocenters. The molecular weight excluding hydrogens is 324 g/mol. The van der Waals surface area contributed by atoms with Gasteiger partial charge in [-0.2, -0.15) is 5.10 Å². The van der Waals surface area contributed by atoms with Crippen molar-refractivity contribution in [3.63, 3.8) is 0 Å². The highest BCUT2D eigenvalue weighted by Gasteiger charge is 2.14. The molecule has 0 aliphatic rings. The number of nitro groups is 2. The van der Waals surface area contributed by atoms with Crippen LogP contribution < -0.4 is 5.43 Å². The van der Waals surface area contributed by atoms with Crippen molar-refractivity contribution in [3.8, 4) is 0 Å². The first-order chi connectivity index (χ1) is 10.9. The Bertz CT molecular complexity index is 814. The van der Waals surface area contributed by atoms with Crippen LogP contribution in [-0.4, -0.2) is 22.0 Å². The number of aryl methyl sites for hydroxylation is 1. The van der Waals surface area contributed by atoms with E-state index < -0.39 is 15.8 Å². The van der Waals surface area contributed by atoms with Crippen LogP contribution in [0.3, 0.4) is 0 Å². The van der Waals surface area contributed by atoms with Gasteiger partial charge in [0.25, 0.3) is 17.3 Å². The number of benzene rings is 1. The SMILES string of the molecule is Cc1sc(C=NNC(=O)c2cccc([N+](=O)[O-])c2)cc1[N+](=O)[O-]. The summed E-state index contributed by atoms with van der Waals surface area (Å²) in [6, 6.07) is 6.56. The van der Waals surface area contributed by atoms with Crippen LogP contribution in [0.1, 0.15) is 20.1 Å². The molecule has 118 valence electrons. The number of carbonyl (C=O) groups is 1. The van der Waals surface area contributed by atoms with Gasteiger partial charge in [-0.25, -0.2) is 5.43 Å². The van der Waals surface area contributed by atoms with Gasteiger partial charge in [0, 0.05) is 23.8 Å². The Morgan fingerprint density at radius 2 is 2.00 bits per heavy atom. The van der Waals surface area contributed by atoms with Crippen LogP contribution >= 0.6 is 11.3 Å². The Labute approximate surface area is 133 Å². The number of carbonyl (C=O) groups excluding carboxylic acids is 1. The second-order valence-electron chi connectivity index (χ2n) is 4.35. The zero-order chi connectivity index (χ0) is 17.0. The molecule has 10 heteroatoms. The first-order valence-electron chi connectivity index (χ1n) is 6.21. The first-order valence-corrected chi connectivity index (χ1v) is 7.03. The van der Waals surface area contributed by atoms with E-state index in [1.807, 2.05) is 0 Å². The fourth-order valence-electron chi connectivity index (χ4n) is 1.72. The van der Waals surface area contributed by atoms with Crippen LogP contribution in [0, 0.1) is 27.2 Å². The van der Waals surface area contributed by atoms with Crippen molar-refractivity contribution in [3.05, 3.63) is 65.9 Å². The Hall–Kier alpha value is -3.14. The minimum Gasteiger partial charge on any atom is -0.267 e. The number of hydrazone groups is 1. The molecule has 9 nitrogen and oxygen atoms in total. The maximum absolute atomic E-state index is 11.8. The lowest BCUT2D eigenvalue weighted by Crippen LogP contribution is -2.17. The van der Waals surface area contributed by atoms with E-state index in [0.717, 1.165) is 17.4 Å². The molecule has 1 N–H and O–H groups in total. The van der Waals surface area contributed by atoms with E-state index in [9.17, 15) is 25.0 Å². The highest BCUT2D eigenvalue weighted by molar-refractivity contribution is 7.14. The lowest BCUT2D eigenvalue weighted by Gasteiger charge is -1.99. The average Bonchev–Trinajstić information content (AvgIpc) is 2.88. The molecular formula is C13H10N4O5S. The Morgan fingerprint density at radius 3 is 2.61 bits per heavy atom. The predicted octanol–water partition coefficient (Wildman–Crippen LogP) is 2.64. The molecule has 1 aromatic carbocycles. The maximum atomic E-state index is 11.8. The summed E-state index contributed by atoms with van der Waals surface area (Å²) in [5.74, 6) is -0.618. The molecule has 0 radical (unpaired) electrons. The zero-order valence-electron chi connectivity index (χ0n) is 11.8. The van der Waals surface area contributed by atoms with Crippen LogP contribution in [0.15, 0.2) is 35.4 Å². The summed E-state index contributed by atoms with van der Waals surface area (Å²) in [6.07, 6.45) is 1.28. The fraction of sp³-hybridized carbons (Fsp3) is 0.0769. The van der Waals surface area contributed by atoms with Gasteiger partial charge in [-0.15, -0.1) is 11.3 Å². The van der Waals surface area contributed by atoms with E-state index in [0.29, 0.717) is 9.75 Å². The molecule has 0 aliphatic heterocycles. The molecule has 0 saturated carbocycles. The molecule has 0 spiro atoms. The van der Waals surface area contributed by atoms with Crippen molar-refractivity contribution in [1.82, 2.24) is 5.43 Å². The quantitative estimate of drug-likeness (QED) is 0.510. The highest BCUT2D eigenvalue weighted by atomic mass is 32.1. The number of nitrogens with one attached hydrogen (secondary N) is 1. The predicted molar refractivity (Wildman–Crippen MR) is 83.9 cm³/mol. The summed E-state index contributed by atoms with van der Waals surface area (Å²) in [5.41, 5.74) is 2.09. The largest absolute Gasteiger partial charge is 0.283 e. The van der Waals surface area contributed by atoms with Gasteiger partial charge in [-0.05, 0) is 13.0 Å². The molecule has 1 aromatic heterocycles. The lowest BCUT2D eigenvalue weighted by molar-refractivity contribution is -0.385. The van der Waals surface area contributed by atoms with Crippen molar-refractivity contribution in [2.24, 2.45) is 5.10 Å². The maximum Gasteiger partial charge on any atom is 0.283 e. The Kier molecular flexibility index (Phi) is 4.76. The van der Waals surface area contributed by atoms with E-state index in [1.165, 1.54) is 30.5 Å². The zero-order valence-corrected chi connectivity index (χ0v) is 12.6. The second kappa shape index (κ2) is 6.75. The third-order valence-corrected chi connectivity index (χ3v) is 3.76. The number of non-ortho nitro benzene ring substituents is 1. The molecule has 1 heterocycles. The smallest absolute Gasteiger partial charge is 0.267 e. The molecule has 1 amide bonds. The highest BCUT2D eigenvalue weighted by Crippen LogP contribution is 2.26. The van der Waals surface area contributed by atoms with E-state index in [4.69, 9.17) is 0 Å². The number of hydrogen-bond acceptors (Lipinski definition) is 7. The summed E-state index contributed by atoms with van der Waals surface area (Å²) in [5, 5.41) is 25.1. The van der Waals surface area contributed by atoms with Gasteiger partial charge >= 0.3 is 0 Å². The van der Waals surface area contributed by atoms with E-state index in [-0.39, 0.29) is 16.9 Å². The number of nitrogens with zero attached hydrogens (tertiary/aromatic N) is 3. The molecule has 2 aromatic rings. The van der Waals surface area contributed by atoms with Crippen LogP contribution in [-0.2, 0) is 0 Å². The standard InChI is InChI=1S/C13H10N4O5S/c1-8-12(17(21)22)6-11(23-8)7-14-15-13(18)9-3-2-4-10(5-9)16(19)20/h2-7H,1H3,(H,15,18). The monoisotopic (exact) mass is 334 g/mol. The first kappa shape index (κ1) is 16.2. The van der Waals surface area contributed by atoms with Crippen molar-refractivity contribution in [2.75, 3.05) is 0 Å². The number of thiophene rings is 1. The van der Waals surface area contributed by atoms with Crippen LogP contribution in [0.25, 0.3) is 0 Å². The van der Waals surface area contributed by atoms with E-state index in [1.54, 1.807) is 6.92 Å². The van der Waals surface area contributed by atoms with E-state index >= 15 is 0 Å². The Balaban J connectivity index is 2.07. The van der Waals surface area contributed by atoms with Crippen LogP contribution in [0.5, 0.6) is 0 Å². The average molecular weight is 334 g/mol. The van der Waals surface area contributed by atoms with Gasteiger partial charge in [0.05, 0.1) is 25.8 Å². The molecule has 0 bridgehead atoms. The van der Waals surface area contributed by atoms with Gasteiger partial charge < -0.3 is 0 Å². The summed E-state index contributed by atoms with van der Waals surface area (Å²) in [6.45, 7) is 1.61. The van der Waals surface area contributed by atoms with Crippen molar-refractivity contribution in [2.45, 2.75) is 6.92 Å². The van der Waals surface area contributed by atoms with Gasteiger partial charge in [-0.1, -0.05) is 6.07 Å². The second-order valence-corrected chi connectivity index (χ2v) is 5.64. The third kappa shape index (κ3) is 3.95. The van der Waals surface area contributed by atoms with Gasteiger partial charge in [0.1, 0.15) is 0 Å². The number of nitro benzene ring substituents is 1. The molecule has 23 heavy (non-hydrogen) atoms. The Morgan fingerprint density at radius 1 is 1.26 bits per heavy atom. The van der Waals surface area contributed by atoms with Crippen molar-refractivity contribution < 1.29 is 14.6 Å². The molecule has 0 atom stereocenters. The number of amides is 1. The summed E-state index contributed by atoms with van der Waals surface area (Å²) < 4.78 is 0. The number of rotatable bonds is 5. The molecule has 0 fully saturated rings. The minimum absolute atomic E-state index is 0.0125. The van der Waals surface area contributed by atoms with E-state index in [2.05, 4.69) is 10.5 Å². The van der Waals surface area contributed by atoms with Crippen molar-refractivity contribution >= 4 is 34.8 Å². The molecule has 2 rings (SSSR count). The summed E-state index contributed by atoms with van der Waals surface area (Å²) >= 11 is 1.16. The van der Waals surface area contributed by atoms with Crippen LogP contribution in [0.2, 0.25) is 0 Å². The topological polar surface area (TPSA) is 128 Å². The third-order valence-electron chi connectivity index (χ3n) is 2.78. The summed E-state index contributed by atoms with van der Waals surface area (Å²) in [4.78, 5) is 33.2.